The van der Waals surface area contributed by atoms with Gasteiger partial charge in [0.2, 0.25) is 0 Å². The van der Waals surface area contributed by atoms with E-state index in [9.17, 15) is 0 Å². The van der Waals surface area contributed by atoms with E-state index in [1.165, 1.54) is 11.1 Å². The fraction of sp³-hybridized carbons (Fsp3) is 0.294. The van der Waals surface area contributed by atoms with E-state index in [2.05, 4.69) is 52.4 Å². The summed E-state index contributed by atoms with van der Waals surface area (Å²) in [4.78, 5) is 0. The van der Waals surface area contributed by atoms with Gasteiger partial charge in [-0.25, -0.2) is 0 Å². The highest BCUT2D eigenvalue weighted by Gasteiger charge is 2.12. The normalized spacial score (nSPS) is 12.3. The molecule has 0 aliphatic rings. The predicted molar refractivity (Wildman–Crippen MR) is 86.7 cm³/mol. The smallest absolute Gasteiger partial charge is 0.0954 e. The van der Waals surface area contributed by atoms with Crippen molar-refractivity contribution in [2.24, 2.45) is 0 Å². The number of hydrogen-bond donors (Lipinski definition) is 1. The molecule has 0 fully saturated rings. The first kappa shape index (κ1) is 15.2. The molecule has 1 unspecified atom stereocenters. The second kappa shape index (κ2) is 8.20. The fourth-order valence-corrected chi connectivity index (χ4v) is 2.44. The molecule has 20 heavy (non-hydrogen) atoms. The van der Waals surface area contributed by atoms with Crippen molar-refractivity contribution in [2.75, 3.05) is 13.1 Å². The topological polar surface area (TPSA) is 21.3 Å². The van der Waals surface area contributed by atoms with E-state index in [0.717, 1.165) is 17.6 Å². The third-order valence-corrected chi connectivity index (χ3v) is 3.59. The van der Waals surface area contributed by atoms with Crippen molar-refractivity contribution >= 4 is 15.9 Å². The van der Waals surface area contributed by atoms with E-state index in [4.69, 9.17) is 4.74 Å². The molecule has 2 aromatic rings. The lowest BCUT2D eigenvalue weighted by Gasteiger charge is -2.19. The maximum absolute atomic E-state index is 6.09. The molecule has 2 nitrogen and oxygen atoms in total. The first-order chi connectivity index (χ1) is 9.79. The van der Waals surface area contributed by atoms with Gasteiger partial charge in [-0.1, -0.05) is 65.3 Å². The van der Waals surface area contributed by atoms with Crippen LogP contribution in [0.5, 0.6) is 0 Å². The summed E-state index contributed by atoms with van der Waals surface area (Å²) < 4.78 is 7.17. The minimum atomic E-state index is 0.0626. The van der Waals surface area contributed by atoms with E-state index >= 15 is 0 Å². The summed E-state index contributed by atoms with van der Waals surface area (Å²) in [5, 5.41) is 3.36. The Balaban J connectivity index is 2.03. The summed E-state index contributed by atoms with van der Waals surface area (Å²) in [5.74, 6) is 0. The van der Waals surface area contributed by atoms with Crippen LogP contribution in [0.1, 0.15) is 24.2 Å². The number of likely N-dealkylation sites (N-methyl/N-ethyl adjacent to an activating group) is 1. The zero-order valence-electron chi connectivity index (χ0n) is 11.7. The molecule has 0 amide bonds. The van der Waals surface area contributed by atoms with Gasteiger partial charge in [0.1, 0.15) is 0 Å². The first-order valence-electron chi connectivity index (χ1n) is 6.91. The van der Waals surface area contributed by atoms with Gasteiger partial charge in [-0.15, -0.1) is 0 Å². The van der Waals surface area contributed by atoms with Gasteiger partial charge < -0.3 is 10.1 Å². The van der Waals surface area contributed by atoms with Gasteiger partial charge in [-0.3, -0.25) is 0 Å². The quantitative estimate of drug-likeness (QED) is 0.814. The highest BCUT2D eigenvalue weighted by molar-refractivity contribution is 9.10. The van der Waals surface area contributed by atoms with Crippen LogP contribution in [0.2, 0.25) is 0 Å². The third kappa shape index (κ3) is 4.75. The van der Waals surface area contributed by atoms with Gasteiger partial charge in [-0.05, 0) is 29.8 Å². The molecule has 0 aromatic heterocycles. The summed E-state index contributed by atoms with van der Waals surface area (Å²) >= 11 is 3.52. The minimum Gasteiger partial charge on any atom is -0.368 e. The maximum Gasteiger partial charge on any atom is 0.0954 e. The van der Waals surface area contributed by atoms with Crippen molar-refractivity contribution in [3.8, 4) is 0 Å². The van der Waals surface area contributed by atoms with Crippen LogP contribution in [0.15, 0.2) is 59.1 Å². The number of halogens is 1. The number of ether oxygens (including phenoxy) is 1. The van der Waals surface area contributed by atoms with Gasteiger partial charge in [0.05, 0.1) is 12.7 Å². The Morgan fingerprint density at radius 3 is 2.60 bits per heavy atom. The molecule has 0 bridgehead atoms. The average molecular weight is 334 g/mol. The maximum atomic E-state index is 6.09. The molecule has 106 valence electrons. The molecule has 0 aliphatic carbocycles. The molecule has 0 radical (unpaired) electrons. The van der Waals surface area contributed by atoms with Crippen LogP contribution in [-0.2, 0) is 11.3 Å². The van der Waals surface area contributed by atoms with Gasteiger partial charge in [0, 0.05) is 11.0 Å². The van der Waals surface area contributed by atoms with Crippen LogP contribution < -0.4 is 5.32 Å². The lowest BCUT2D eigenvalue weighted by atomic mass is 10.1. The number of hydrogen-bond acceptors (Lipinski definition) is 2. The van der Waals surface area contributed by atoms with Crippen molar-refractivity contribution in [1.29, 1.82) is 0 Å². The molecule has 3 heteroatoms. The predicted octanol–water partition coefficient (Wildman–Crippen LogP) is 4.32. The standard InChI is InChI=1S/C17H20BrNO/c1-2-19-12-17(15-9-6-10-16(18)11-15)20-13-14-7-4-3-5-8-14/h3-11,17,19H,2,12-13H2,1H3. The van der Waals surface area contributed by atoms with E-state index in [1.807, 2.05) is 30.3 Å². The summed E-state index contributed by atoms with van der Waals surface area (Å²) in [6.07, 6.45) is 0.0626. The van der Waals surface area contributed by atoms with E-state index < -0.39 is 0 Å². The molecule has 0 saturated heterocycles. The highest BCUT2D eigenvalue weighted by atomic mass is 79.9. The Bertz CT molecular complexity index is 515. The number of rotatable bonds is 7. The Morgan fingerprint density at radius 2 is 1.90 bits per heavy atom. The molecule has 0 spiro atoms. The van der Waals surface area contributed by atoms with Gasteiger partial charge >= 0.3 is 0 Å². The Kier molecular flexibility index (Phi) is 6.25. The summed E-state index contributed by atoms with van der Waals surface area (Å²) in [5.41, 5.74) is 2.39. The van der Waals surface area contributed by atoms with Crippen LogP contribution >= 0.6 is 15.9 Å². The Hall–Kier alpha value is -1.16. The largest absolute Gasteiger partial charge is 0.368 e. The third-order valence-electron chi connectivity index (χ3n) is 3.09. The average Bonchev–Trinajstić information content (AvgIpc) is 2.48. The lowest BCUT2D eigenvalue weighted by Crippen LogP contribution is -2.23. The Labute approximate surface area is 129 Å². The van der Waals surface area contributed by atoms with Gasteiger partial charge in [-0.2, -0.15) is 0 Å². The van der Waals surface area contributed by atoms with E-state index in [0.29, 0.717) is 6.61 Å². The van der Waals surface area contributed by atoms with E-state index in [1.54, 1.807) is 0 Å². The zero-order valence-corrected chi connectivity index (χ0v) is 13.3. The molecular formula is C17H20BrNO. The summed E-state index contributed by atoms with van der Waals surface area (Å²) in [6.45, 7) is 4.50. The van der Waals surface area contributed by atoms with Crippen LogP contribution in [0, 0.1) is 0 Å². The van der Waals surface area contributed by atoms with Crippen LogP contribution in [0.4, 0.5) is 0 Å². The van der Waals surface area contributed by atoms with Crippen LogP contribution in [0.25, 0.3) is 0 Å². The first-order valence-corrected chi connectivity index (χ1v) is 7.70. The number of benzene rings is 2. The highest BCUT2D eigenvalue weighted by Crippen LogP contribution is 2.22. The summed E-state index contributed by atoms with van der Waals surface area (Å²) in [6, 6.07) is 18.6. The van der Waals surface area contributed by atoms with E-state index in [-0.39, 0.29) is 6.10 Å². The van der Waals surface area contributed by atoms with Gasteiger partial charge in [0.25, 0.3) is 0 Å². The SMILES string of the molecule is CCNCC(OCc1ccccc1)c1cccc(Br)c1. The van der Waals surface area contributed by atoms with Crippen LogP contribution in [0.3, 0.4) is 0 Å². The van der Waals surface area contributed by atoms with Crippen molar-refractivity contribution in [3.63, 3.8) is 0 Å². The van der Waals surface area contributed by atoms with Crippen molar-refractivity contribution in [1.82, 2.24) is 5.32 Å². The summed E-state index contributed by atoms with van der Waals surface area (Å²) in [7, 11) is 0. The minimum absolute atomic E-state index is 0.0626. The van der Waals surface area contributed by atoms with Crippen LogP contribution in [-0.4, -0.2) is 13.1 Å². The van der Waals surface area contributed by atoms with Crippen molar-refractivity contribution in [2.45, 2.75) is 19.6 Å². The molecule has 1 atom stereocenters. The zero-order chi connectivity index (χ0) is 14.2. The number of nitrogens with one attached hydrogen (secondary N) is 1. The van der Waals surface area contributed by atoms with Crippen molar-refractivity contribution < 1.29 is 4.74 Å². The molecule has 1 N–H and O–H groups in total. The monoisotopic (exact) mass is 333 g/mol. The fourth-order valence-electron chi connectivity index (χ4n) is 2.03. The van der Waals surface area contributed by atoms with Crippen molar-refractivity contribution in [3.05, 3.63) is 70.2 Å². The Morgan fingerprint density at radius 1 is 1.10 bits per heavy atom. The van der Waals surface area contributed by atoms with Gasteiger partial charge in [0.15, 0.2) is 0 Å². The molecule has 0 aliphatic heterocycles. The second-order valence-corrected chi connectivity index (χ2v) is 5.56. The molecule has 0 heterocycles. The molecule has 0 saturated carbocycles. The lowest BCUT2D eigenvalue weighted by molar-refractivity contribution is 0.0401. The molecular weight excluding hydrogens is 314 g/mol. The molecule has 2 rings (SSSR count). The second-order valence-electron chi connectivity index (χ2n) is 4.65. The molecule has 2 aromatic carbocycles.